The third-order valence-corrected chi connectivity index (χ3v) is 4.05. The van der Waals surface area contributed by atoms with Gasteiger partial charge in [0, 0.05) is 17.3 Å². The van der Waals surface area contributed by atoms with Crippen LogP contribution < -0.4 is 0 Å². The maximum Gasteiger partial charge on any atom is 0.0783 e. The molecular formula is C20H19NO. The molecular weight excluding hydrogens is 270 g/mol. The molecule has 110 valence electrons. The number of pyridine rings is 1. The monoisotopic (exact) mass is 289 g/mol. The molecule has 3 aromatic rings. The Morgan fingerprint density at radius 3 is 2.32 bits per heavy atom. The minimum absolute atomic E-state index is 0.00457. The van der Waals surface area contributed by atoms with Gasteiger partial charge in [0.25, 0.3) is 0 Å². The smallest absolute Gasteiger partial charge is 0.0783 e. The predicted molar refractivity (Wildman–Crippen MR) is 90.5 cm³/mol. The first-order valence-electron chi connectivity index (χ1n) is 7.42. The highest BCUT2D eigenvalue weighted by Crippen LogP contribution is 2.34. The fourth-order valence-corrected chi connectivity index (χ4v) is 2.67. The van der Waals surface area contributed by atoms with Gasteiger partial charge >= 0.3 is 0 Å². The van der Waals surface area contributed by atoms with E-state index in [2.05, 4.69) is 37.0 Å². The third kappa shape index (κ3) is 2.66. The van der Waals surface area contributed by atoms with E-state index in [1.165, 1.54) is 11.1 Å². The average molecular weight is 289 g/mol. The molecule has 0 saturated carbocycles. The molecule has 0 radical (unpaired) electrons. The van der Waals surface area contributed by atoms with Crippen LogP contribution in [0.3, 0.4) is 0 Å². The second-order valence-corrected chi connectivity index (χ2v) is 5.52. The molecule has 2 heteroatoms. The van der Waals surface area contributed by atoms with Gasteiger partial charge in [-0.25, -0.2) is 0 Å². The van der Waals surface area contributed by atoms with Gasteiger partial charge in [0.1, 0.15) is 0 Å². The van der Waals surface area contributed by atoms with Gasteiger partial charge in [0.15, 0.2) is 0 Å². The summed E-state index contributed by atoms with van der Waals surface area (Å²) >= 11 is 0. The summed E-state index contributed by atoms with van der Waals surface area (Å²) in [5.74, 6) is 0. The van der Waals surface area contributed by atoms with E-state index in [0.29, 0.717) is 0 Å². The third-order valence-electron chi connectivity index (χ3n) is 4.05. The fourth-order valence-electron chi connectivity index (χ4n) is 2.67. The summed E-state index contributed by atoms with van der Waals surface area (Å²) in [6.07, 6.45) is 1.76. The number of nitrogens with zero attached hydrogens (tertiary/aromatic N) is 1. The van der Waals surface area contributed by atoms with Crippen molar-refractivity contribution in [3.8, 4) is 22.4 Å². The molecule has 2 aromatic carbocycles. The van der Waals surface area contributed by atoms with Crippen LogP contribution in [0.15, 0.2) is 60.8 Å². The molecule has 22 heavy (non-hydrogen) atoms. The van der Waals surface area contributed by atoms with E-state index in [1.807, 2.05) is 36.4 Å². The SMILES string of the molecule is Cc1ccc(-c2c(CO)ccnc2-c2ccccc2)cc1C. The van der Waals surface area contributed by atoms with E-state index < -0.39 is 0 Å². The first kappa shape index (κ1) is 14.5. The lowest BCUT2D eigenvalue weighted by Crippen LogP contribution is -1.96. The van der Waals surface area contributed by atoms with Gasteiger partial charge in [-0.1, -0.05) is 48.5 Å². The Bertz CT molecular complexity index is 794. The van der Waals surface area contributed by atoms with Crippen molar-refractivity contribution in [2.75, 3.05) is 0 Å². The standard InChI is InChI=1S/C20H19NO/c1-14-8-9-17(12-15(14)2)19-18(13-22)10-11-21-20(19)16-6-4-3-5-7-16/h3-12,22H,13H2,1-2H3. The topological polar surface area (TPSA) is 33.1 Å². The number of benzene rings is 2. The quantitative estimate of drug-likeness (QED) is 0.768. The van der Waals surface area contributed by atoms with E-state index in [-0.39, 0.29) is 6.61 Å². The summed E-state index contributed by atoms with van der Waals surface area (Å²) in [5.41, 5.74) is 7.49. The molecule has 0 spiro atoms. The van der Waals surface area contributed by atoms with Crippen LogP contribution in [0.25, 0.3) is 22.4 Å². The van der Waals surface area contributed by atoms with Crippen LogP contribution in [0.1, 0.15) is 16.7 Å². The first-order valence-corrected chi connectivity index (χ1v) is 7.42. The molecule has 0 saturated heterocycles. The molecule has 0 aliphatic rings. The van der Waals surface area contributed by atoms with Gasteiger partial charge in [0.2, 0.25) is 0 Å². The summed E-state index contributed by atoms with van der Waals surface area (Å²) in [4.78, 5) is 4.57. The van der Waals surface area contributed by atoms with Crippen molar-refractivity contribution in [3.05, 3.63) is 77.5 Å². The highest BCUT2D eigenvalue weighted by molar-refractivity contribution is 5.83. The fraction of sp³-hybridized carbons (Fsp3) is 0.150. The lowest BCUT2D eigenvalue weighted by molar-refractivity contribution is 0.282. The molecule has 1 aromatic heterocycles. The van der Waals surface area contributed by atoms with E-state index in [9.17, 15) is 5.11 Å². The molecule has 3 rings (SSSR count). The van der Waals surface area contributed by atoms with Crippen LogP contribution >= 0.6 is 0 Å². The van der Waals surface area contributed by atoms with Gasteiger partial charge in [0.05, 0.1) is 12.3 Å². The molecule has 0 atom stereocenters. The van der Waals surface area contributed by atoms with Crippen molar-refractivity contribution < 1.29 is 5.11 Å². The van der Waals surface area contributed by atoms with Crippen molar-refractivity contribution >= 4 is 0 Å². The number of hydrogen-bond acceptors (Lipinski definition) is 2. The number of aliphatic hydroxyl groups is 1. The van der Waals surface area contributed by atoms with Crippen LogP contribution in [-0.2, 0) is 6.61 Å². The number of aromatic nitrogens is 1. The molecule has 1 N–H and O–H groups in total. The first-order chi connectivity index (χ1) is 10.7. The molecule has 2 nitrogen and oxygen atoms in total. The maximum absolute atomic E-state index is 9.75. The number of aryl methyl sites for hydroxylation is 2. The van der Waals surface area contributed by atoms with Gasteiger partial charge in [-0.15, -0.1) is 0 Å². The molecule has 1 heterocycles. The molecule has 0 amide bonds. The highest BCUT2D eigenvalue weighted by atomic mass is 16.3. The minimum Gasteiger partial charge on any atom is -0.392 e. The summed E-state index contributed by atoms with van der Waals surface area (Å²) in [6.45, 7) is 4.22. The normalized spacial score (nSPS) is 10.7. The number of aliphatic hydroxyl groups excluding tert-OH is 1. The van der Waals surface area contributed by atoms with Gasteiger partial charge in [-0.05, 0) is 42.2 Å². The van der Waals surface area contributed by atoms with Crippen LogP contribution in [0.4, 0.5) is 0 Å². The van der Waals surface area contributed by atoms with Crippen molar-refractivity contribution in [1.29, 1.82) is 0 Å². The van der Waals surface area contributed by atoms with Crippen LogP contribution in [0.5, 0.6) is 0 Å². The Morgan fingerprint density at radius 1 is 0.864 bits per heavy atom. The maximum atomic E-state index is 9.75. The van der Waals surface area contributed by atoms with E-state index in [0.717, 1.165) is 27.9 Å². The Kier molecular flexibility index (Phi) is 4.03. The number of rotatable bonds is 3. The second-order valence-electron chi connectivity index (χ2n) is 5.52. The molecule has 0 aliphatic carbocycles. The van der Waals surface area contributed by atoms with Gasteiger partial charge < -0.3 is 5.11 Å². The molecule has 0 fully saturated rings. The Labute approximate surface area is 131 Å². The van der Waals surface area contributed by atoms with Crippen molar-refractivity contribution in [2.24, 2.45) is 0 Å². The van der Waals surface area contributed by atoms with E-state index in [1.54, 1.807) is 6.20 Å². The van der Waals surface area contributed by atoms with Crippen molar-refractivity contribution in [1.82, 2.24) is 4.98 Å². The molecule has 0 aliphatic heterocycles. The number of hydrogen-bond donors (Lipinski definition) is 1. The second kappa shape index (κ2) is 6.12. The lowest BCUT2D eigenvalue weighted by atomic mass is 9.93. The molecule has 0 unspecified atom stereocenters. The van der Waals surface area contributed by atoms with Crippen molar-refractivity contribution in [2.45, 2.75) is 20.5 Å². The van der Waals surface area contributed by atoms with Crippen molar-refractivity contribution in [3.63, 3.8) is 0 Å². The zero-order chi connectivity index (χ0) is 15.5. The summed E-state index contributed by atoms with van der Waals surface area (Å²) < 4.78 is 0. The lowest BCUT2D eigenvalue weighted by Gasteiger charge is -2.14. The van der Waals surface area contributed by atoms with E-state index in [4.69, 9.17) is 0 Å². The summed E-state index contributed by atoms with van der Waals surface area (Å²) in [6, 6.07) is 18.4. The predicted octanol–water partition coefficient (Wildman–Crippen LogP) is 4.52. The largest absolute Gasteiger partial charge is 0.392 e. The van der Waals surface area contributed by atoms with Crippen LogP contribution in [0.2, 0.25) is 0 Å². The molecule has 0 bridgehead atoms. The van der Waals surface area contributed by atoms with Gasteiger partial charge in [-0.3, -0.25) is 4.98 Å². The zero-order valence-electron chi connectivity index (χ0n) is 12.9. The summed E-state index contributed by atoms with van der Waals surface area (Å²) in [5, 5.41) is 9.75. The van der Waals surface area contributed by atoms with Gasteiger partial charge in [-0.2, -0.15) is 0 Å². The highest BCUT2D eigenvalue weighted by Gasteiger charge is 2.13. The Morgan fingerprint density at radius 2 is 1.64 bits per heavy atom. The minimum atomic E-state index is 0.00457. The summed E-state index contributed by atoms with van der Waals surface area (Å²) in [7, 11) is 0. The van der Waals surface area contributed by atoms with Crippen LogP contribution in [0, 0.1) is 13.8 Å². The zero-order valence-corrected chi connectivity index (χ0v) is 12.9. The van der Waals surface area contributed by atoms with Crippen LogP contribution in [-0.4, -0.2) is 10.1 Å². The van der Waals surface area contributed by atoms with E-state index >= 15 is 0 Å². The Balaban J connectivity index is 2.26. The Hall–Kier alpha value is -2.45. The average Bonchev–Trinajstić information content (AvgIpc) is 2.57.